The lowest BCUT2D eigenvalue weighted by molar-refractivity contribution is 0.610. The van der Waals surface area contributed by atoms with Crippen molar-refractivity contribution in [3.8, 4) is 0 Å². The Labute approximate surface area is 114 Å². The molecule has 0 amide bonds. The Morgan fingerprint density at radius 2 is 1.83 bits per heavy atom. The Morgan fingerprint density at radius 3 is 2.39 bits per heavy atom. The number of nitrogens with zero attached hydrogens (tertiary/aromatic N) is 1. The predicted molar refractivity (Wildman–Crippen MR) is 78.5 cm³/mol. The van der Waals surface area contributed by atoms with Crippen molar-refractivity contribution in [1.29, 1.82) is 1.34 Å². The first-order chi connectivity index (χ1) is 8.85. The molecule has 18 heavy (non-hydrogen) atoms. The highest BCUT2D eigenvalue weighted by molar-refractivity contribution is 8.19. The molecule has 0 aliphatic carbocycles. The van der Waals surface area contributed by atoms with E-state index in [4.69, 9.17) is 12.8 Å². The Bertz CT molecular complexity index is 713. The van der Waals surface area contributed by atoms with Gasteiger partial charge in [0.25, 0.3) is 0 Å². The summed E-state index contributed by atoms with van der Waals surface area (Å²) in [6, 6.07) is 10.5. The SMILES string of the molecule is [3H]B(Cl)S(=O)(=O)c1cccc2cccc(N(C)C)c12. The molecule has 0 bridgehead atoms. The molecule has 6 heteroatoms. The van der Waals surface area contributed by atoms with Crippen LogP contribution in [0.4, 0.5) is 5.69 Å². The molecule has 0 N–H and O–H groups in total. The fourth-order valence-electron chi connectivity index (χ4n) is 1.95. The van der Waals surface area contributed by atoms with Gasteiger partial charge in [-0.1, -0.05) is 24.3 Å². The third kappa shape index (κ3) is 2.20. The summed E-state index contributed by atoms with van der Waals surface area (Å²) in [5.74, 6) is -1.70. The highest BCUT2D eigenvalue weighted by Gasteiger charge is 2.19. The molecule has 2 rings (SSSR count). The van der Waals surface area contributed by atoms with Crippen LogP contribution in [0, 0.1) is 0 Å². The van der Waals surface area contributed by atoms with E-state index in [1.165, 1.54) is 6.07 Å². The zero-order valence-corrected chi connectivity index (χ0v) is 11.7. The van der Waals surface area contributed by atoms with Crippen LogP contribution in [0.15, 0.2) is 41.3 Å². The number of halogens is 1. The molecule has 0 atom stereocenters. The van der Waals surface area contributed by atoms with Gasteiger partial charge in [0.1, 0.15) is 9.69 Å². The van der Waals surface area contributed by atoms with Crippen LogP contribution >= 0.6 is 11.5 Å². The van der Waals surface area contributed by atoms with Crippen LogP contribution in [0.5, 0.6) is 0 Å². The second kappa shape index (κ2) is 4.82. The summed E-state index contributed by atoms with van der Waals surface area (Å²) >= 11 is 5.50. The molecule has 0 spiro atoms. The molecule has 0 aromatic heterocycles. The second-order valence-corrected chi connectivity index (χ2v) is 6.40. The van der Waals surface area contributed by atoms with Crippen molar-refractivity contribution < 1.29 is 8.42 Å². The van der Waals surface area contributed by atoms with Crippen molar-refractivity contribution in [2.75, 3.05) is 19.0 Å². The van der Waals surface area contributed by atoms with Gasteiger partial charge in [-0.2, -0.15) is 11.5 Å². The molecule has 0 saturated heterocycles. The molecule has 94 valence electrons. The number of rotatable bonds is 3. The molecule has 2 aromatic rings. The minimum Gasteiger partial charge on any atom is -0.377 e. The van der Waals surface area contributed by atoms with E-state index >= 15 is 0 Å². The summed E-state index contributed by atoms with van der Waals surface area (Å²) in [5, 5.41) is 1.41. The van der Waals surface area contributed by atoms with Gasteiger partial charge in [0.05, 0.1) is 4.90 Å². The van der Waals surface area contributed by atoms with E-state index in [0.29, 0.717) is 5.39 Å². The monoisotopic (exact) mass is 283 g/mol. The first kappa shape index (κ1) is 11.9. The van der Waals surface area contributed by atoms with Gasteiger partial charge >= 0.3 is 5.94 Å². The largest absolute Gasteiger partial charge is 0.382 e. The zero-order chi connectivity index (χ0) is 14.2. The average molecular weight is 284 g/mol. The maximum atomic E-state index is 12.2. The smallest absolute Gasteiger partial charge is 0.377 e. The summed E-state index contributed by atoms with van der Waals surface area (Å²) in [6.07, 6.45) is 0. The number of hydrogen-bond donors (Lipinski definition) is 0. The van der Waals surface area contributed by atoms with Gasteiger partial charge in [-0.25, -0.2) is 8.42 Å². The van der Waals surface area contributed by atoms with Crippen molar-refractivity contribution in [3.05, 3.63) is 36.4 Å². The van der Waals surface area contributed by atoms with Crippen LogP contribution in [0.2, 0.25) is 0 Å². The van der Waals surface area contributed by atoms with E-state index < -0.39 is 15.6 Å². The van der Waals surface area contributed by atoms with Gasteiger partial charge < -0.3 is 4.90 Å². The van der Waals surface area contributed by atoms with Gasteiger partial charge in [0.15, 0.2) is 0 Å². The zero-order valence-electron chi connectivity index (χ0n) is 11.1. The highest BCUT2D eigenvalue weighted by atomic mass is 35.5. The van der Waals surface area contributed by atoms with Crippen molar-refractivity contribution in [2.45, 2.75) is 4.90 Å². The summed E-state index contributed by atoms with van der Waals surface area (Å²) in [4.78, 5) is 1.94. The first-order valence-corrected chi connectivity index (χ1v) is 7.33. The summed E-state index contributed by atoms with van der Waals surface area (Å²) in [6.45, 7) is 0. The van der Waals surface area contributed by atoms with Crippen LogP contribution in [0.3, 0.4) is 0 Å². The lowest BCUT2D eigenvalue weighted by Crippen LogP contribution is -2.12. The van der Waals surface area contributed by atoms with Crippen molar-refractivity contribution in [3.63, 3.8) is 0 Å². The quantitative estimate of drug-likeness (QED) is 0.810. The lowest BCUT2D eigenvalue weighted by Gasteiger charge is -2.17. The minimum absolute atomic E-state index is 0.101. The molecule has 0 radical (unpaired) electrons. The Morgan fingerprint density at radius 1 is 1.22 bits per heavy atom. The number of fused-ring (bicyclic) bond motifs is 1. The van der Waals surface area contributed by atoms with E-state index in [-0.39, 0.29) is 4.90 Å². The second-order valence-electron chi connectivity index (χ2n) is 4.16. The lowest BCUT2D eigenvalue weighted by atomic mass is 10.1. The third-order valence-electron chi connectivity index (χ3n) is 2.75. The topological polar surface area (TPSA) is 37.4 Å². The van der Waals surface area contributed by atoms with Crippen LogP contribution in [0.1, 0.15) is 0 Å². The molecule has 0 unspecified atom stereocenters. The fraction of sp³-hybridized carbons (Fsp3) is 0.167. The Hall–Kier alpha value is -1.20. The minimum atomic E-state index is -3.85. The van der Waals surface area contributed by atoms with Gasteiger partial charge in [-0.05, 0) is 17.5 Å². The van der Waals surface area contributed by atoms with E-state index in [0.717, 1.165) is 11.1 Å². The first-order valence-electron chi connectivity index (χ1n) is 5.92. The third-order valence-corrected chi connectivity index (χ3v) is 4.64. The molecule has 0 fully saturated rings. The average Bonchev–Trinajstić information content (AvgIpc) is 2.36. The normalized spacial score (nSPS) is 12.3. The Balaban J connectivity index is 2.90. The molecule has 0 heterocycles. The maximum Gasteiger partial charge on any atom is 0.382 e. The van der Waals surface area contributed by atoms with Gasteiger partial charge in [-0.15, -0.1) is 0 Å². The Kier molecular flexibility index (Phi) is 3.18. The van der Waals surface area contributed by atoms with Gasteiger partial charge in [0.2, 0.25) is 0 Å². The van der Waals surface area contributed by atoms with E-state index in [9.17, 15) is 8.42 Å². The van der Waals surface area contributed by atoms with E-state index in [1.807, 2.05) is 43.3 Å². The molecule has 2 aromatic carbocycles. The maximum absolute atomic E-state index is 12.2. The molecular weight excluding hydrogens is 268 g/mol. The number of anilines is 1. The van der Waals surface area contributed by atoms with Gasteiger partial charge in [-0.3, -0.25) is 0 Å². The van der Waals surface area contributed by atoms with Crippen LogP contribution in [-0.2, 0) is 9.69 Å². The van der Waals surface area contributed by atoms with E-state index in [1.54, 1.807) is 6.07 Å². The van der Waals surface area contributed by atoms with E-state index in [2.05, 4.69) is 0 Å². The van der Waals surface area contributed by atoms with Crippen molar-refractivity contribution >= 4 is 43.5 Å². The number of benzene rings is 2. The molecule has 3 nitrogen and oxygen atoms in total. The summed E-state index contributed by atoms with van der Waals surface area (Å²) < 4.78 is 31.7. The molecule has 0 saturated carbocycles. The molecule has 0 aliphatic rings. The highest BCUT2D eigenvalue weighted by Crippen LogP contribution is 2.31. The predicted octanol–water partition coefficient (Wildman–Crippen LogP) is 2.18. The summed E-state index contributed by atoms with van der Waals surface area (Å²) in [5.41, 5.74) is 0.786. The number of hydrogen-bond acceptors (Lipinski definition) is 3. The fourth-order valence-corrected chi connectivity index (χ4v) is 3.10. The van der Waals surface area contributed by atoms with Crippen molar-refractivity contribution in [1.82, 2.24) is 0 Å². The van der Waals surface area contributed by atoms with Crippen molar-refractivity contribution in [2.24, 2.45) is 0 Å². The molecule has 0 aliphatic heterocycles. The molecular formula is C12H13BClNO2S. The standard InChI is InChI=1S/C12H13BClNO2S/c1-15(2)10-7-3-5-9-6-4-8-11(12(9)10)18(16,17)13-14/h3-8,13H,1-2H3/i13T. The van der Waals surface area contributed by atoms with Crippen LogP contribution in [0.25, 0.3) is 10.8 Å². The summed E-state index contributed by atoms with van der Waals surface area (Å²) in [7, 11) is -0.165. The van der Waals surface area contributed by atoms with Crippen LogP contribution in [-0.4, -0.2) is 29.8 Å². The van der Waals surface area contributed by atoms with Gasteiger partial charge in [0, 0.05) is 26.5 Å². The van der Waals surface area contributed by atoms with Crippen LogP contribution < -0.4 is 4.90 Å².